The highest BCUT2D eigenvalue weighted by Crippen LogP contribution is 2.46. The number of pyridine rings is 1. The minimum Gasteiger partial charge on any atom is -0.481 e. The summed E-state index contributed by atoms with van der Waals surface area (Å²) in [5, 5.41) is 16.7. The molecule has 0 radical (unpaired) electrons. The van der Waals surface area contributed by atoms with Crippen molar-refractivity contribution >= 4 is 34.5 Å². The highest BCUT2D eigenvalue weighted by atomic mass is 19.4. The maximum atomic E-state index is 13.6. The topological polar surface area (TPSA) is 149 Å². The van der Waals surface area contributed by atoms with E-state index in [9.17, 15) is 36.6 Å². The summed E-state index contributed by atoms with van der Waals surface area (Å²) >= 11 is 0. The fourth-order valence-corrected chi connectivity index (χ4v) is 5.09. The van der Waals surface area contributed by atoms with Crippen LogP contribution in [0.15, 0.2) is 42.6 Å². The first-order valence-electron chi connectivity index (χ1n) is 13.0. The largest absolute Gasteiger partial charge is 0.481 e. The van der Waals surface area contributed by atoms with Gasteiger partial charge in [-0.3, -0.25) is 9.59 Å². The van der Waals surface area contributed by atoms with Crippen molar-refractivity contribution in [2.45, 2.75) is 57.7 Å². The summed E-state index contributed by atoms with van der Waals surface area (Å²) in [6.07, 6.45) is -5.75. The summed E-state index contributed by atoms with van der Waals surface area (Å²) in [6.45, 7) is 4.02. The number of fused-ring (bicyclic) bond motifs is 2. The van der Waals surface area contributed by atoms with E-state index >= 15 is 0 Å². The lowest BCUT2D eigenvalue weighted by Gasteiger charge is -2.25. The molecule has 15 heteroatoms. The van der Waals surface area contributed by atoms with Crippen LogP contribution in [0.1, 0.15) is 43.9 Å². The van der Waals surface area contributed by atoms with Gasteiger partial charge >= 0.3 is 18.1 Å². The summed E-state index contributed by atoms with van der Waals surface area (Å²) in [5.74, 6) is -6.51. The number of rotatable bonds is 8. The average Bonchev–Trinajstić information content (AvgIpc) is 3.42. The molecule has 226 valence electrons. The number of amides is 1. The fourth-order valence-electron chi connectivity index (χ4n) is 5.09. The molecule has 0 spiro atoms. The summed E-state index contributed by atoms with van der Waals surface area (Å²) in [4.78, 5) is 37.9. The van der Waals surface area contributed by atoms with Gasteiger partial charge in [-0.2, -0.15) is 27.1 Å². The minimum atomic E-state index is -5.72. The number of nitrogens with one attached hydrogen (secondary N) is 1. The summed E-state index contributed by atoms with van der Waals surface area (Å²) < 4.78 is 66.5. The molecule has 1 amide bonds. The molecule has 0 fully saturated rings. The molecule has 4 heterocycles. The average molecular weight is 604 g/mol. The first-order chi connectivity index (χ1) is 20.0. The number of aromatic nitrogens is 5. The number of aryl methyl sites for hydroxylation is 1. The SMILES string of the molecule is CC(C)(Cc1cccc([C@]2(C)C(=O)Nc3nc(-c4nn(CCC(F)(F)C(F)(F)F)c5ncccc45)nc(N)c32)c1)C(=O)O. The van der Waals surface area contributed by atoms with Crippen molar-refractivity contribution in [1.29, 1.82) is 0 Å². The van der Waals surface area contributed by atoms with Crippen LogP contribution in [0.2, 0.25) is 0 Å². The molecular weight excluding hydrogens is 577 g/mol. The standard InChI is InChI=1S/C28H26F5N7O3/c1-25(2,24(42)43)13-14-6-4-7-15(12-14)26(3)17-19(34)36-21(37-20(17)38-23(26)41)18-16-8-5-10-35-22(16)40(39-18)11-9-27(29,30)28(31,32)33/h4-8,10,12H,9,11,13H2,1-3H3,(H,42,43)(H3,34,36,37,38,41)/t26-/m0/s1. The van der Waals surface area contributed by atoms with Gasteiger partial charge in [-0.05, 0) is 50.5 Å². The Balaban J connectivity index is 1.55. The Morgan fingerprint density at radius 2 is 1.84 bits per heavy atom. The second kappa shape index (κ2) is 9.95. The monoisotopic (exact) mass is 603 g/mol. The number of carboxylic acids is 1. The van der Waals surface area contributed by atoms with Crippen LogP contribution in [0.5, 0.6) is 0 Å². The third kappa shape index (κ3) is 5.02. The molecule has 1 aromatic carbocycles. The molecule has 0 unspecified atom stereocenters. The Bertz CT molecular complexity index is 1770. The zero-order chi connectivity index (χ0) is 31.5. The molecule has 1 aliphatic rings. The van der Waals surface area contributed by atoms with Crippen LogP contribution in [0.3, 0.4) is 0 Å². The lowest BCUT2D eigenvalue weighted by atomic mass is 9.76. The second-order valence-corrected chi connectivity index (χ2v) is 11.2. The molecule has 43 heavy (non-hydrogen) atoms. The molecule has 0 bridgehead atoms. The highest BCUT2D eigenvalue weighted by molar-refractivity contribution is 6.09. The van der Waals surface area contributed by atoms with Crippen molar-refractivity contribution in [1.82, 2.24) is 24.7 Å². The van der Waals surface area contributed by atoms with Crippen LogP contribution >= 0.6 is 0 Å². The van der Waals surface area contributed by atoms with Gasteiger partial charge in [0.25, 0.3) is 0 Å². The van der Waals surface area contributed by atoms with Gasteiger partial charge in [-0.1, -0.05) is 24.3 Å². The molecule has 0 saturated heterocycles. The molecular formula is C28H26F5N7O3. The first kappa shape index (κ1) is 29.8. The fraction of sp³-hybridized carbons (Fsp3) is 0.357. The van der Waals surface area contributed by atoms with E-state index in [0.29, 0.717) is 11.1 Å². The van der Waals surface area contributed by atoms with Crippen LogP contribution in [0, 0.1) is 5.41 Å². The Morgan fingerprint density at radius 1 is 1.12 bits per heavy atom. The number of halogens is 5. The minimum absolute atomic E-state index is 0.0219. The third-order valence-corrected chi connectivity index (χ3v) is 7.62. The molecule has 10 nitrogen and oxygen atoms in total. The number of carboxylic acid groups (broad SMARTS) is 1. The van der Waals surface area contributed by atoms with Crippen molar-refractivity contribution < 1.29 is 36.6 Å². The quantitative estimate of drug-likeness (QED) is 0.239. The number of nitrogen functional groups attached to an aromatic ring is 1. The van der Waals surface area contributed by atoms with Crippen LogP contribution in [-0.2, 0) is 28.0 Å². The molecule has 1 atom stereocenters. The number of hydrogen-bond donors (Lipinski definition) is 3. The number of alkyl halides is 5. The summed E-state index contributed by atoms with van der Waals surface area (Å²) in [5.41, 5.74) is 5.50. The Labute approximate surface area is 241 Å². The number of nitrogens with two attached hydrogens (primary N) is 1. The van der Waals surface area contributed by atoms with E-state index in [2.05, 4.69) is 25.4 Å². The van der Waals surface area contributed by atoms with Crippen LogP contribution in [0.25, 0.3) is 22.6 Å². The number of anilines is 2. The van der Waals surface area contributed by atoms with E-state index in [4.69, 9.17) is 5.73 Å². The van der Waals surface area contributed by atoms with E-state index in [1.165, 1.54) is 18.3 Å². The van der Waals surface area contributed by atoms with Crippen LogP contribution in [-0.4, -0.2) is 53.8 Å². The van der Waals surface area contributed by atoms with Gasteiger partial charge in [-0.25, -0.2) is 19.6 Å². The van der Waals surface area contributed by atoms with E-state index in [-0.39, 0.29) is 46.2 Å². The van der Waals surface area contributed by atoms with Crippen molar-refractivity contribution in [2.75, 3.05) is 11.1 Å². The molecule has 3 aromatic heterocycles. The maximum absolute atomic E-state index is 13.6. The molecule has 0 aliphatic carbocycles. The zero-order valence-corrected chi connectivity index (χ0v) is 23.1. The second-order valence-electron chi connectivity index (χ2n) is 11.2. The Kier molecular flexibility index (Phi) is 6.89. The van der Waals surface area contributed by atoms with Gasteiger partial charge in [0.1, 0.15) is 22.7 Å². The number of nitrogens with zero attached hydrogens (tertiary/aromatic N) is 5. The molecule has 4 aromatic rings. The van der Waals surface area contributed by atoms with Crippen LogP contribution in [0.4, 0.5) is 33.6 Å². The predicted octanol–water partition coefficient (Wildman–Crippen LogP) is 4.97. The lowest BCUT2D eigenvalue weighted by Crippen LogP contribution is -2.37. The van der Waals surface area contributed by atoms with E-state index in [0.717, 1.165) is 4.68 Å². The van der Waals surface area contributed by atoms with Gasteiger partial charge in [0.2, 0.25) is 5.91 Å². The van der Waals surface area contributed by atoms with Gasteiger partial charge in [0.15, 0.2) is 11.5 Å². The van der Waals surface area contributed by atoms with Gasteiger partial charge < -0.3 is 16.2 Å². The molecule has 1 aliphatic heterocycles. The Hall–Kier alpha value is -4.69. The highest BCUT2D eigenvalue weighted by Gasteiger charge is 2.57. The van der Waals surface area contributed by atoms with E-state index in [1.807, 2.05) is 0 Å². The van der Waals surface area contributed by atoms with Crippen molar-refractivity contribution in [3.63, 3.8) is 0 Å². The third-order valence-electron chi connectivity index (χ3n) is 7.62. The maximum Gasteiger partial charge on any atom is 0.453 e. The van der Waals surface area contributed by atoms with Gasteiger partial charge in [0.05, 0.1) is 16.4 Å². The van der Waals surface area contributed by atoms with E-state index in [1.54, 1.807) is 45.0 Å². The molecule has 0 saturated carbocycles. The van der Waals surface area contributed by atoms with Gasteiger partial charge in [0, 0.05) is 19.2 Å². The summed E-state index contributed by atoms with van der Waals surface area (Å²) in [7, 11) is 0. The predicted molar refractivity (Wildman–Crippen MR) is 145 cm³/mol. The number of hydrogen-bond acceptors (Lipinski definition) is 7. The zero-order valence-electron chi connectivity index (χ0n) is 23.1. The normalized spacial score (nSPS) is 17.3. The van der Waals surface area contributed by atoms with E-state index < -0.39 is 47.8 Å². The van der Waals surface area contributed by atoms with Crippen molar-refractivity contribution in [3.8, 4) is 11.5 Å². The molecule has 4 N–H and O–H groups in total. The Morgan fingerprint density at radius 3 is 2.51 bits per heavy atom. The number of carbonyl (C=O) groups is 2. The summed E-state index contributed by atoms with van der Waals surface area (Å²) in [6, 6.07) is 9.95. The number of aliphatic carboxylic acids is 1. The van der Waals surface area contributed by atoms with Gasteiger partial charge in [-0.15, -0.1) is 0 Å². The van der Waals surface area contributed by atoms with Crippen molar-refractivity contribution in [2.24, 2.45) is 5.41 Å². The lowest BCUT2D eigenvalue weighted by molar-refractivity contribution is -0.285. The number of carbonyl (C=O) groups excluding carboxylic acids is 1. The molecule has 5 rings (SSSR count). The number of benzene rings is 1. The van der Waals surface area contributed by atoms with Crippen LogP contribution < -0.4 is 11.1 Å². The van der Waals surface area contributed by atoms with Crippen molar-refractivity contribution in [3.05, 3.63) is 59.3 Å². The first-order valence-corrected chi connectivity index (χ1v) is 13.0. The smallest absolute Gasteiger partial charge is 0.453 e.